The Bertz CT molecular complexity index is 495. The maximum atomic E-state index is 10.9. The van der Waals surface area contributed by atoms with E-state index in [0.29, 0.717) is 17.9 Å². The zero-order valence-electron chi connectivity index (χ0n) is 12.7. The number of nitrogens with one attached hydrogen (secondary N) is 1. The molecule has 1 unspecified atom stereocenters. The summed E-state index contributed by atoms with van der Waals surface area (Å²) in [5.74, 6) is 0.729. The van der Waals surface area contributed by atoms with Gasteiger partial charge in [0.15, 0.2) is 0 Å². The second-order valence-electron chi connectivity index (χ2n) is 5.92. The van der Waals surface area contributed by atoms with Crippen molar-refractivity contribution in [2.45, 2.75) is 52.2 Å². The molecule has 0 bridgehead atoms. The molecular weight excluding hydrogens is 272 g/mol. The highest BCUT2D eigenvalue weighted by Crippen LogP contribution is 2.24. The topological polar surface area (TPSA) is 93.2 Å². The molecule has 0 amide bonds. The Morgan fingerprint density at radius 2 is 2.14 bits per heavy atom. The van der Waals surface area contributed by atoms with Gasteiger partial charge in [0.2, 0.25) is 0 Å². The number of aromatic nitrogens is 2. The second-order valence-corrected chi connectivity index (χ2v) is 5.92. The van der Waals surface area contributed by atoms with Crippen LogP contribution in [0.25, 0.3) is 0 Å². The van der Waals surface area contributed by atoms with Crippen molar-refractivity contribution in [3.63, 3.8) is 0 Å². The van der Waals surface area contributed by atoms with Crippen LogP contribution in [-0.2, 0) is 6.54 Å². The highest BCUT2D eigenvalue weighted by molar-refractivity contribution is 5.39. The van der Waals surface area contributed by atoms with E-state index in [1.807, 2.05) is 0 Å². The molecule has 0 aliphatic heterocycles. The predicted octanol–water partition coefficient (Wildman–Crippen LogP) is 1.55. The summed E-state index contributed by atoms with van der Waals surface area (Å²) in [7, 11) is 0. The maximum Gasteiger partial charge on any atom is 0.312 e. The molecule has 1 aliphatic carbocycles. The molecule has 1 heterocycles. The molecule has 2 rings (SSSR count). The van der Waals surface area contributed by atoms with Crippen LogP contribution in [-0.4, -0.2) is 39.0 Å². The first kappa shape index (κ1) is 15.9. The summed E-state index contributed by atoms with van der Waals surface area (Å²) in [6.45, 7) is 4.98. The third-order valence-electron chi connectivity index (χ3n) is 4.20. The molecule has 0 aromatic carbocycles. The fraction of sp³-hybridized carbons (Fsp3) is 0.786. The van der Waals surface area contributed by atoms with Crippen LogP contribution in [0.2, 0.25) is 0 Å². The molecule has 1 aromatic heterocycles. The summed E-state index contributed by atoms with van der Waals surface area (Å²) in [5.41, 5.74) is 0.928. The lowest BCUT2D eigenvalue weighted by Gasteiger charge is -2.15. The van der Waals surface area contributed by atoms with Crippen molar-refractivity contribution in [3.8, 4) is 0 Å². The van der Waals surface area contributed by atoms with Gasteiger partial charge in [0.05, 0.1) is 17.6 Å². The van der Waals surface area contributed by atoms with E-state index in [4.69, 9.17) is 0 Å². The van der Waals surface area contributed by atoms with Gasteiger partial charge in [-0.15, -0.1) is 0 Å². The Balaban J connectivity index is 1.83. The lowest BCUT2D eigenvalue weighted by molar-refractivity contribution is -0.386. The highest BCUT2D eigenvalue weighted by atomic mass is 16.6. The van der Waals surface area contributed by atoms with Gasteiger partial charge in [-0.25, -0.2) is 0 Å². The van der Waals surface area contributed by atoms with Crippen LogP contribution >= 0.6 is 0 Å². The van der Waals surface area contributed by atoms with E-state index in [9.17, 15) is 15.2 Å². The normalized spacial score (nSPS) is 17.3. The Morgan fingerprint density at radius 1 is 1.48 bits per heavy atom. The van der Waals surface area contributed by atoms with Crippen molar-refractivity contribution in [3.05, 3.63) is 21.5 Å². The van der Waals surface area contributed by atoms with Gasteiger partial charge < -0.3 is 10.4 Å². The lowest BCUT2D eigenvalue weighted by Crippen LogP contribution is -2.33. The molecular formula is C14H24N4O3. The first-order valence-corrected chi connectivity index (χ1v) is 7.56. The van der Waals surface area contributed by atoms with Crippen LogP contribution in [0.5, 0.6) is 0 Å². The molecule has 1 aromatic rings. The fourth-order valence-corrected chi connectivity index (χ4v) is 3.06. The van der Waals surface area contributed by atoms with Crippen LogP contribution < -0.4 is 5.32 Å². The first-order valence-electron chi connectivity index (χ1n) is 7.56. The van der Waals surface area contributed by atoms with Gasteiger partial charge >= 0.3 is 5.69 Å². The molecule has 1 aliphatic rings. The zero-order valence-corrected chi connectivity index (χ0v) is 12.7. The van der Waals surface area contributed by atoms with Gasteiger partial charge in [-0.2, -0.15) is 5.10 Å². The van der Waals surface area contributed by atoms with Crippen molar-refractivity contribution < 1.29 is 10.0 Å². The molecule has 1 saturated carbocycles. The number of aliphatic hydroxyl groups is 1. The minimum absolute atomic E-state index is 0.0427. The first-order chi connectivity index (χ1) is 9.99. The van der Waals surface area contributed by atoms with Gasteiger partial charge in [0.25, 0.3) is 0 Å². The van der Waals surface area contributed by atoms with Gasteiger partial charge in [-0.05, 0) is 39.2 Å². The summed E-state index contributed by atoms with van der Waals surface area (Å²) >= 11 is 0. The van der Waals surface area contributed by atoms with E-state index in [2.05, 4.69) is 10.4 Å². The average molecular weight is 296 g/mol. The molecule has 1 fully saturated rings. The van der Waals surface area contributed by atoms with E-state index in [1.165, 1.54) is 30.4 Å². The number of aliphatic hydroxyl groups excluding tert-OH is 1. The molecule has 0 radical (unpaired) electrons. The predicted molar refractivity (Wildman–Crippen MR) is 79.2 cm³/mol. The number of nitrogens with zero attached hydrogens (tertiary/aromatic N) is 3. The summed E-state index contributed by atoms with van der Waals surface area (Å²) in [5, 5.41) is 28.4. The quantitative estimate of drug-likeness (QED) is 0.588. The number of rotatable bonds is 7. The Hall–Kier alpha value is -1.47. The zero-order chi connectivity index (χ0) is 15.4. The highest BCUT2D eigenvalue weighted by Gasteiger charge is 2.23. The molecule has 118 valence electrons. The number of hydrogen-bond donors (Lipinski definition) is 2. The number of aryl methyl sites for hydroxylation is 1. The SMILES string of the molecule is Cc1nn(CC(O)CNCC2CCCC2)c(C)c1[N+](=O)[O-]. The van der Waals surface area contributed by atoms with Crippen LogP contribution in [0.3, 0.4) is 0 Å². The standard InChI is InChI=1S/C14H24N4O3/c1-10-14(18(20)21)11(2)17(16-10)9-13(19)8-15-7-12-5-3-4-6-12/h12-13,15,19H,3-9H2,1-2H3. The molecule has 0 saturated heterocycles. The smallest absolute Gasteiger partial charge is 0.312 e. The fourth-order valence-electron chi connectivity index (χ4n) is 3.06. The van der Waals surface area contributed by atoms with Crippen LogP contribution in [0.15, 0.2) is 0 Å². The van der Waals surface area contributed by atoms with Crippen molar-refractivity contribution in [1.82, 2.24) is 15.1 Å². The minimum Gasteiger partial charge on any atom is -0.390 e. The Morgan fingerprint density at radius 3 is 2.71 bits per heavy atom. The molecule has 2 N–H and O–H groups in total. The van der Waals surface area contributed by atoms with Gasteiger partial charge in [0.1, 0.15) is 11.4 Å². The van der Waals surface area contributed by atoms with E-state index in [-0.39, 0.29) is 12.2 Å². The van der Waals surface area contributed by atoms with Crippen LogP contribution in [0, 0.1) is 29.9 Å². The van der Waals surface area contributed by atoms with Gasteiger partial charge in [-0.3, -0.25) is 14.8 Å². The monoisotopic (exact) mass is 296 g/mol. The van der Waals surface area contributed by atoms with Crippen molar-refractivity contribution in [2.75, 3.05) is 13.1 Å². The summed E-state index contributed by atoms with van der Waals surface area (Å²) in [4.78, 5) is 10.5. The van der Waals surface area contributed by atoms with Gasteiger partial charge in [0, 0.05) is 6.54 Å². The Kier molecular flexibility index (Phi) is 5.30. The van der Waals surface area contributed by atoms with Crippen molar-refractivity contribution >= 4 is 5.69 Å². The lowest BCUT2D eigenvalue weighted by atomic mass is 10.1. The Labute approximate surface area is 124 Å². The van der Waals surface area contributed by atoms with E-state index >= 15 is 0 Å². The molecule has 7 nitrogen and oxygen atoms in total. The summed E-state index contributed by atoms with van der Waals surface area (Å²) < 4.78 is 1.52. The molecule has 21 heavy (non-hydrogen) atoms. The van der Waals surface area contributed by atoms with Crippen molar-refractivity contribution in [1.29, 1.82) is 0 Å². The third kappa shape index (κ3) is 4.01. The number of nitro groups is 1. The van der Waals surface area contributed by atoms with E-state index < -0.39 is 11.0 Å². The van der Waals surface area contributed by atoms with E-state index in [1.54, 1.807) is 13.8 Å². The summed E-state index contributed by atoms with van der Waals surface area (Å²) in [6, 6.07) is 0. The van der Waals surface area contributed by atoms with Gasteiger partial charge in [-0.1, -0.05) is 12.8 Å². The van der Waals surface area contributed by atoms with Crippen molar-refractivity contribution in [2.24, 2.45) is 5.92 Å². The van der Waals surface area contributed by atoms with Crippen LogP contribution in [0.1, 0.15) is 37.1 Å². The number of hydrogen-bond acceptors (Lipinski definition) is 5. The average Bonchev–Trinajstić information content (AvgIpc) is 2.99. The molecule has 1 atom stereocenters. The third-order valence-corrected chi connectivity index (χ3v) is 4.20. The van der Waals surface area contributed by atoms with Crippen LogP contribution in [0.4, 0.5) is 5.69 Å². The largest absolute Gasteiger partial charge is 0.390 e. The molecule has 7 heteroatoms. The maximum absolute atomic E-state index is 10.9. The van der Waals surface area contributed by atoms with E-state index in [0.717, 1.165) is 12.5 Å². The second kappa shape index (κ2) is 7.00. The minimum atomic E-state index is -0.594. The molecule has 0 spiro atoms. The summed E-state index contributed by atoms with van der Waals surface area (Å²) in [6.07, 6.45) is 4.57.